The molecule has 2 atom stereocenters. The molecule has 0 spiro atoms. The van der Waals surface area contributed by atoms with Gasteiger partial charge in [-0.2, -0.15) is 11.8 Å². The Hall–Kier alpha value is -0.0200. The summed E-state index contributed by atoms with van der Waals surface area (Å²) in [6.45, 7) is 0.791. The number of hydrogen-bond donors (Lipinski definition) is 0. The average molecular weight is 242 g/mol. The molecule has 0 amide bonds. The van der Waals surface area contributed by atoms with E-state index in [1.54, 1.807) is 7.11 Å². The molecule has 0 aromatic carbocycles. The fourth-order valence-corrected chi connectivity index (χ4v) is 4.65. The van der Waals surface area contributed by atoms with E-state index in [-0.39, 0.29) is 0 Å². The van der Waals surface area contributed by atoms with Gasteiger partial charge in [0.15, 0.2) is 0 Å². The van der Waals surface area contributed by atoms with E-state index in [0.29, 0.717) is 11.7 Å². The molecule has 0 radical (unpaired) electrons. The minimum absolute atomic E-state index is 0.390. The lowest BCUT2D eigenvalue weighted by Crippen LogP contribution is -2.24. The highest BCUT2D eigenvalue weighted by molar-refractivity contribution is 8.00. The van der Waals surface area contributed by atoms with Crippen LogP contribution in [0.1, 0.15) is 44.9 Å². The molecule has 3 heteroatoms. The normalized spacial score (nSPS) is 32.9. The summed E-state index contributed by atoms with van der Waals surface area (Å²) in [4.78, 5) is 12.0. The first-order chi connectivity index (χ1) is 7.79. The van der Waals surface area contributed by atoms with Crippen LogP contribution in [0.15, 0.2) is 0 Å². The van der Waals surface area contributed by atoms with Gasteiger partial charge in [0.25, 0.3) is 0 Å². The predicted molar refractivity (Wildman–Crippen MR) is 67.9 cm³/mol. The van der Waals surface area contributed by atoms with Gasteiger partial charge in [-0.25, -0.2) is 0 Å². The van der Waals surface area contributed by atoms with Gasteiger partial charge in [-0.05, 0) is 38.5 Å². The van der Waals surface area contributed by atoms with Crippen LogP contribution in [0.2, 0.25) is 0 Å². The van der Waals surface area contributed by atoms with Gasteiger partial charge in [0.2, 0.25) is 0 Å². The maximum absolute atomic E-state index is 12.0. The molecule has 2 unspecified atom stereocenters. The van der Waals surface area contributed by atoms with E-state index < -0.39 is 0 Å². The molecule has 0 N–H and O–H groups in total. The summed E-state index contributed by atoms with van der Waals surface area (Å²) in [6, 6.07) is 0. The van der Waals surface area contributed by atoms with E-state index in [0.717, 1.165) is 49.2 Å². The van der Waals surface area contributed by atoms with Gasteiger partial charge < -0.3 is 4.74 Å². The Balaban J connectivity index is 1.69. The number of thioether (sulfide) groups is 1. The largest absolute Gasteiger partial charge is 0.385 e. The maximum atomic E-state index is 12.0. The van der Waals surface area contributed by atoms with E-state index in [1.165, 1.54) is 12.8 Å². The zero-order valence-corrected chi connectivity index (χ0v) is 10.9. The number of hydrogen-bond acceptors (Lipinski definition) is 3. The van der Waals surface area contributed by atoms with Gasteiger partial charge >= 0.3 is 0 Å². The van der Waals surface area contributed by atoms with Crippen molar-refractivity contribution in [3.05, 3.63) is 0 Å². The first-order valence-corrected chi connectivity index (χ1v) is 7.41. The maximum Gasteiger partial charge on any atom is 0.136 e. The number of carbonyl (C=O) groups excluding carboxylic acids is 1. The highest BCUT2D eigenvalue weighted by atomic mass is 32.2. The third-order valence-electron chi connectivity index (χ3n) is 3.77. The van der Waals surface area contributed by atoms with E-state index in [2.05, 4.69) is 11.8 Å². The van der Waals surface area contributed by atoms with Gasteiger partial charge in [-0.3, -0.25) is 4.79 Å². The summed E-state index contributed by atoms with van der Waals surface area (Å²) in [5.41, 5.74) is 0. The smallest absolute Gasteiger partial charge is 0.136 e. The second-order valence-electron chi connectivity index (χ2n) is 5.04. The fourth-order valence-electron chi connectivity index (χ4n) is 2.87. The number of ketones is 1. The van der Waals surface area contributed by atoms with E-state index in [1.807, 2.05) is 0 Å². The summed E-state index contributed by atoms with van der Waals surface area (Å²) in [6.07, 6.45) is 7.82. The van der Waals surface area contributed by atoms with E-state index >= 15 is 0 Å². The molecule has 2 bridgehead atoms. The summed E-state index contributed by atoms with van der Waals surface area (Å²) in [7, 11) is 1.72. The first kappa shape index (κ1) is 12.4. The van der Waals surface area contributed by atoms with Crippen molar-refractivity contribution in [3.63, 3.8) is 0 Å². The van der Waals surface area contributed by atoms with Crippen LogP contribution in [0.25, 0.3) is 0 Å². The molecule has 2 heterocycles. The molecule has 2 nitrogen and oxygen atoms in total. The van der Waals surface area contributed by atoms with Crippen LogP contribution in [0.4, 0.5) is 0 Å². The van der Waals surface area contributed by atoms with Crippen LogP contribution < -0.4 is 0 Å². The molecule has 2 fully saturated rings. The van der Waals surface area contributed by atoms with Crippen LogP contribution >= 0.6 is 11.8 Å². The van der Waals surface area contributed by atoms with Crippen molar-refractivity contribution in [2.24, 2.45) is 5.92 Å². The van der Waals surface area contributed by atoms with Gasteiger partial charge in [0.05, 0.1) is 0 Å². The zero-order chi connectivity index (χ0) is 11.4. The number of Topliss-reactive ketones (excluding diaryl/α,β-unsaturated/α-hetero) is 1. The number of fused-ring (bicyclic) bond motifs is 2. The second kappa shape index (κ2) is 6.06. The number of rotatable bonds is 6. The number of carbonyl (C=O) groups is 1. The van der Waals surface area contributed by atoms with Crippen LogP contribution in [0, 0.1) is 5.92 Å². The highest BCUT2D eigenvalue weighted by Gasteiger charge is 2.37. The lowest BCUT2D eigenvalue weighted by molar-refractivity contribution is -0.123. The van der Waals surface area contributed by atoms with Crippen molar-refractivity contribution in [2.45, 2.75) is 55.4 Å². The van der Waals surface area contributed by atoms with Gasteiger partial charge in [-0.1, -0.05) is 0 Å². The minimum atomic E-state index is 0.390. The van der Waals surface area contributed by atoms with E-state index in [9.17, 15) is 4.79 Å². The Labute approximate surface area is 103 Å². The minimum Gasteiger partial charge on any atom is -0.385 e. The molecule has 0 saturated carbocycles. The number of unbranched alkanes of at least 4 members (excludes halogenated alkanes) is 1. The summed E-state index contributed by atoms with van der Waals surface area (Å²) >= 11 is 2.13. The van der Waals surface area contributed by atoms with Crippen LogP contribution in [-0.4, -0.2) is 30.0 Å². The number of methoxy groups -OCH3 is 1. The molecule has 92 valence electrons. The van der Waals surface area contributed by atoms with Gasteiger partial charge in [0, 0.05) is 36.6 Å². The Morgan fingerprint density at radius 2 is 1.94 bits per heavy atom. The average Bonchev–Trinajstić information content (AvgIpc) is 2.63. The third kappa shape index (κ3) is 3.24. The highest BCUT2D eigenvalue weighted by Crippen LogP contribution is 2.46. The molecule has 16 heavy (non-hydrogen) atoms. The van der Waals surface area contributed by atoms with Crippen molar-refractivity contribution < 1.29 is 9.53 Å². The molecular weight excluding hydrogens is 220 g/mol. The molecule has 0 aliphatic carbocycles. The lowest BCUT2D eigenvalue weighted by Gasteiger charge is -2.26. The summed E-state index contributed by atoms with van der Waals surface area (Å²) in [5, 5.41) is 1.60. The van der Waals surface area contributed by atoms with Crippen molar-refractivity contribution in [1.82, 2.24) is 0 Å². The fraction of sp³-hybridized carbons (Fsp3) is 0.923. The molecule has 2 rings (SSSR count). The summed E-state index contributed by atoms with van der Waals surface area (Å²) < 4.78 is 5.00. The first-order valence-electron chi connectivity index (χ1n) is 6.46. The van der Waals surface area contributed by atoms with Crippen molar-refractivity contribution in [1.29, 1.82) is 0 Å². The van der Waals surface area contributed by atoms with E-state index in [4.69, 9.17) is 4.74 Å². The van der Waals surface area contributed by atoms with Crippen LogP contribution in [0.3, 0.4) is 0 Å². The van der Waals surface area contributed by atoms with Crippen LogP contribution in [0.5, 0.6) is 0 Å². The zero-order valence-electron chi connectivity index (χ0n) is 10.1. The molecule has 2 aliphatic rings. The molecule has 2 aliphatic heterocycles. The Bertz CT molecular complexity index is 230. The molecule has 2 saturated heterocycles. The Kier molecular flexibility index (Phi) is 4.71. The predicted octanol–water partition coefficient (Wildman–Crippen LogP) is 3.05. The van der Waals surface area contributed by atoms with Gasteiger partial charge in [0.1, 0.15) is 5.78 Å². The van der Waals surface area contributed by atoms with Crippen molar-refractivity contribution >= 4 is 17.5 Å². The Morgan fingerprint density at radius 3 is 2.56 bits per heavy atom. The number of ether oxygens (including phenoxy) is 1. The molecule has 0 aromatic heterocycles. The molecular formula is C13H22O2S. The standard InChI is InChI=1S/C13H22O2S/c1-15-7-3-2-4-13(14)10-8-11-5-6-12(9-10)16-11/h10-12H,2-9H2,1H3. The Morgan fingerprint density at radius 1 is 1.25 bits per heavy atom. The lowest BCUT2D eigenvalue weighted by atomic mass is 9.92. The van der Waals surface area contributed by atoms with Crippen molar-refractivity contribution in [2.75, 3.05) is 13.7 Å². The monoisotopic (exact) mass is 242 g/mol. The summed E-state index contributed by atoms with van der Waals surface area (Å²) in [5.74, 6) is 0.912. The second-order valence-corrected chi connectivity index (χ2v) is 6.65. The SMILES string of the molecule is COCCCCC(=O)C1CC2CCC(C1)S2. The quantitative estimate of drug-likeness (QED) is 0.670. The van der Waals surface area contributed by atoms with Gasteiger partial charge in [-0.15, -0.1) is 0 Å². The topological polar surface area (TPSA) is 26.3 Å². The third-order valence-corrected chi connectivity index (χ3v) is 5.39. The van der Waals surface area contributed by atoms with Crippen molar-refractivity contribution in [3.8, 4) is 0 Å². The van der Waals surface area contributed by atoms with Crippen LogP contribution in [-0.2, 0) is 9.53 Å². The molecule has 0 aromatic rings.